The maximum atomic E-state index is 13.0. The van der Waals surface area contributed by atoms with Gasteiger partial charge in [0.25, 0.3) is 0 Å². The van der Waals surface area contributed by atoms with Crippen LogP contribution in [0, 0.1) is 19.8 Å². The maximum Gasteiger partial charge on any atom is 0.393 e. The van der Waals surface area contributed by atoms with Gasteiger partial charge in [0.1, 0.15) is 11.6 Å². The number of fused-ring (bicyclic) bond motifs is 1. The van der Waals surface area contributed by atoms with Crippen LogP contribution in [0.15, 0.2) is 6.20 Å². The highest BCUT2D eigenvalue weighted by atomic mass is 19.4. The number of nitrogens with zero attached hydrogens (tertiary/aromatic N) is 6. The van der Waals surface area contributed by atoms with Gasteiger partial charge in [0.15, 0.2) is 5.82 Å². The molecule has 2 aromatic heterocycles. The van der Waals surface area contributed by atoms with Crippen molar-refractivity contribution in [3.05, 3.63) is 29.2 Å². The molecular weight excluding hydrogens is 321 g/mol. The fourth-order valence-corrected chi connectivity index (χ4v) is 2.94. The molecule has 130 valence electrons. The van der Waals surface area contributed by atoms with Gasteiger partial charge in [-0.1, -0.05) is 0 Å². The van der Waals surface area contributed by atoms with E-state index in [-0.39, 0.29) is 13.0 Å². The van der Waals surface area contributed by atoms with Crippen LogP contribution in [0.25, 0.3) is 0 Å². The second-order valence-electron chi connectivity index (χ2n) is 6.20. The highest BCUT2D eigenvalue weighted by molar-refractivity contribution is 5.42. The van der Waals surface area contributed by atoms with Crippen molar-refractivity contribution in [3.8, 4) is 0 Å². The average molecular weight is 340 g/mol. The zero-order valence-corrected chi connectivity index (χ0v) is 13.8. The Kier molecular flexibility index (Phi) is 4.18. The van der Waals surface area contributed by atoms with Gasteiger partial charge in [-0.05, 0) is 20.3 Å². The normalized spacial score (nSPS) is 17.7. The Morgan fingerprint density at radius 1 is 1.29 bits per heavy atom. The molecule has 0 aromatic carbocycles. The van der Waals surface area contributed by atoms with Crippen LogP contribution >= 0.6 is 0 Å². The lowest BCUT2D eigenvalue weighted by atomic mass is 9.99. The van der Waals surface area contributed by atoms with Gasteiger partial charge in [0.2, 0.25) is 0 Å². The molecule has 3 rings (SSSR count). The number of hydrogen-bond donors (Lipinski definition) is 0. The van der Waals surface area contributed by atoms with Gasteiger partial charge >= 0.3 is 6.18 Å². The predicted molar refractivity (Wildman–Crippen MR) is 81.5 cm³/mol. The van der Waals surface area contributed by atoms with Crippen molar-refractivity contribution in [3.63, 3.8) is 0 Å². The third-order valence-corrected chi connectivity index (χ3v) is 4.28. The van der Waals surface area contributed by atoms with E-state index in [1.807, 2.05) is 25.8 Å². The van der Waals surface area contributed by atoms with Crippen LogP contribution in [0.2, 0.25) is 0 Å². The molecule has 0 saturated heterocycles. The predicted octanol–water partition coefficient (Wildman–Crippen LogP) is 2.45. The van der Waals surface area contributed by atoms with E-state index in [1.165, 1.54) is 0 Å². The first kappa shape index (κ1) is 16.7. The molecule has 0 N–H and O–H groups in total. The molecule has 0 saturated carbocycles. The minimum absolute atomic E-state index is 0.0694. The summed E-state index contributed by atoms with van der Waals surface area (Å²) in [6.45, 7) is 3.90. The molecule has 0 radical (unpaired) electrons. The van der Waals surface area contributed by atoms with Crippen molar-refractivity contribution in [1.82, 2.24) is 24.7 Å². The van der Waals surface area contributed by atoms with Gasteiger partial charge < -0.3 is 9.47 Å². The molecule has 1 atom stereocenters. The van der Waals surface area contributed by atoms with Crippen LogP contribution in [-0.4, -0.2) is 38.0 Å². The van der Waals surface area contributed by atoms with E-state index in [2.05, 4.69) is 20.2 Å². The summed E-state index contributed by atoms with van der Waals surface area (Å²) in [4.78, 5) is 10.5. The van der Waals surface area contributed by atoms with Gasteiger partial charge in [-0.2, -0.15) is 13.2 Å². The van der Waals surface area contributed by atoms with Gasteiger partial charge in [-0.25, -0.2) is 4.98 Å². The Morgan fingerprint density at radius 2 is 2.04 bits per heavy atom. The first-order chi connectivity index (χ1) is 11.3. The lowest BCUT2D eigenvalue weighted by Gasteiger charge is -2.27. The monoisotopic (exact) mass is 340 g/mol. The Morgan fingerprint density at radius 3 is 2.75 bits per heavy atom. The van der Waals surface area contributed by atoms with Crippen molar-refractivity contribution in [2.75, 3.05) is 11.9 Å². The smallest absolute Gasteiger partial charge is 0.351 e. The molecule has 0 fully saturated rings. The third kappa shape index (κ3) is 3.20. The molecular formula is C15H19F3N6. The summed E-state index contributed by atoms with van der Waals surface area (Å²) < 4.78 is 40.6. The zero-order chi connectivity index (χ0) is 17.5. The zero-order valence-electron chi connectivity index (χ0n) is 13.8. The first-order valence-electron chi connectivity index (χ1n) is 7.74. The topological polar surface area (TPSA) is 59.7 Å². The summed E-state index contributed by atoms with van der Waals surface area (Å²) in [7, 11) is 1.82. The fourth-order valence-electron chi connectivity index (χ4n) is 2.94. The lowest BCUT2D eigenvalue weighted by Crippen LogP contribution is -2.33. The summed E-state index contributed by atoms with van der Waals surface area (Å²) >= 11 is 0. The summed E-state index contributed by atoms with van der Waals surface area (Å²) in [5.74, 6) is 0.483. The fraction of sp³-hybridized carbons (Fsp3) is 0.600. The molecule has 0 bridgehead atoms. The van der Waals surface area contributed by atoms with Crippen molar-refractivity contribution < 1.29 is 13.2 Å². The molecule has 0 aliphatic carbocycles. The largest absolute Gasteiger partial charge is 0.393 e. The van der Waals surface area contributed by atoms with Gasteiger partial charge in [-0.3, -0.25) is 4.98 Å². The first-order valence-corrected chi connectivity index (χ1v) is 7.74. The standard InChI is InChI=1S/C15H19F3N6/c1-9-6-19-10(2)14(20-9)23(3)8-13-22-21-12-5-4-11(7-24(12)13)15(16,17)18/h6,11H,4-5,7-8H2,1-3H3. The molecule has 1 aliphatic rings. The maximum absolute atomic E-state index is 13.0. The summed E-state index contributed by atoms with van der Waals surface area (Å²) in [6.07, 6.45) is -2.15. The van der Waals surface area contributed by atoms with E-state index in [9.17, 15) is 13.2 Å². The Balaban J connectivity index is 1.82. The van der Waals surface area contributed by atoms with Crippen LogP contribution in [-0.2, 0) is 19.5 Å². The van der Waals surface area contributed by atoms with Crippen molar-refractivity contribution in [1.29, 1.82) is 0 Å². The summed E-state index contributed by atoms with van der Waals surface area (Å²) in [5, 5.41) is 8.13. The van der Waals surface area contributed by atoms with Gasteiger partial charge in [0.05, 0.1) is 23.9 Å². The Hall–Kier alpha value is -2.19. The van der Waals surface area contributed by atoms with E-state index in [0.29, 0.717) is 30.4 Å². The van der Waals surface area contributed by atoms with Crippen molar-refractivity contribution >= 4 is 5.82 Å². The van der Waals surface area contributed by atoms with Crippen LogP contribution in [0.3, 0.4) is 0 Å². The molecule has 2 aromatic rings. The third-order valence-electron chi connectivity index (χ3n) is 4.28. The molecule has 24 heavy (non-hydrogen) atoms. The quantitative estimate of drug-likeness (QED) is 0.859. The molecule has 9 heteroatoms. The molecule has 1 unspecified atom stereocenters. The van der Waals surface area contributed by atoms with Crippen LogP contribution in [0.4, 0.5) is 19.0 Å². The van der Waals surface area contributed by atoms with E-state index >= 15 is 0 Å². The van der Waals surface area contributed by atoms with Crippen LogP contribution < -0.4 is 4.90 Å². The number of anilines is 1. The number of hydrogen-bond acceptors (Lipinski definition) is 5. The SMILES string of the molecule is Cc1cnc(C)c(N(C)Cc2nnc3n2CC(C(F)(F)F)CC3)n1. The van der Waals surface area contributed by atoms with E-state index < -0.39 is 12.1 Å². The lowest BCUT2D eigenvalue weighted by molar-refractivity contribution is -0.182. The number of rotatable bonds is 3. The number of halogens is 3. The van der Waals surface area contributed by atoms with E-state index in [4.69, 9.17) is 0 Å². The van der Waals surface area contributed by atoms with E-state index in [1.54, 1.807) is 10.8 Å². The summed E-state index contributed by atoms with van der Waals surface area (Å²) in [5.41, 5.74) is 1.54. The number of alkyl halides is 3. The van der Waals surface area contributed by atoms with Gasteiger partial charge in [0, 0.05) is 26.2 Å². The van der Waals surface area contributed by atoms with E-state index in [0.717, 1.165) is 11.4 Å². The molecule has 0 amide bonds. The molecule has 1 aliphatic heterocycles. The number of aryl methyl sites for hydroxylation is 3. The highest BCUT2D eigenvalue weighted by Gasteiger charge is 2.42. The minimum atomic E-state index is -4.19. The highest BCUT2D eigenvalue weighted by Crippen LogP contribution is 2.34. The summed E-state index contributed by atoms with van der Waals surface area (Å²) in [6, 6.07) is 0. The van der Waals surface area contributed by atoms with Crippen molar-refractivity contribution in [2.45, 2.75) is 46.0 Å². The molecule has 0 spiro atoms. The van der Waals surface area contributed by atoms with Crippen LogP contribution in [0.1, 0.15) is 29.5 Å². The molecule has 6 nitrogen and oxygen atoms in total. The van der Waals surface area contributed by atoms with Gasteiger partial charge in [-0.15, -0.1) is 10.2 Å². The Labute approximate surface area is 137 Å². The van der Waals surface area contributed by atoms with Crippen LogP contribution in [0.5, 0.6) is 0 Å². The average Bonchev–Trinajstić information content (AvgIpc) is 2.91. The number of aromatic nitrogens is 5. The minimum Gasteiger partial charge on any atom is -0.351 e. The second kappa shape index (κ2) is 6.03. The molecule has 3 heterocycles. The second-order valence-corrected chi connectivity index (χ2v) is 6.20. The Bertz CT molecular complexity index is 739. The van der Waals surface area contributed by atoms with Crippen molar-refractivity contribution in [2.24, 2.45) is 5.92 Å².